The minimum Gasteiger partial charge on any atom is -0.328 e. The summed E-state index contributed by atoms with van der Waals surface area (Å²) in [5.74, 6) is 2.88. The number of hydrogen-bond acceptors (Lipinski definition) is 1. The molecule has 0 spiro atoms. The van der Waals surface area contributed by atoms with Crippen LogP contribution in [0.4, 0.5) is 0 Å². The van der Waals surface area contributed by atoms with Crippen molar-refractivity contribution in [3.05, 3.63) is 30.1 Å². The van der Waals surface area contributed by atoms with Gasteiger partial charge in [0, 0.05) is 13.0 Å². The average molecular weight is 284 g/mol. The van der Waals surface area contributed by atoms with Crippen molar-refractivity contribution < 1.29 is 0 Å². The largest absolute Gasteiger partial charge is 0.328 e. The lowest BCUT2D eigenvalue weighted by atomic mass is 9.87. The Morgan fingerprint density at radius 1 is 1.14 bits per heavy atom. The Labute approximate surface area is 128 Å². The van der Waals surface area contributed by atoms with E-state index in [9.17, 15) is 0 Å². The molecule has 1 fully saturated rings. The number of nitrogens with zero attached hydrogens (tertiary/aromatic N) is 2. The molecule has 0 unspecified atom stereocenters. The summed E-state index contributed by atoms with van der Waals surface area (Å²) >= 11 is 0. The molecule has 1 aromatic carbocycles. The highest BCUT2D eigenvalue weighted by Crippen LogP contribution is 2.28. The molecule has 2 aromatic rings. The standard InChI is InChI=1S/C19H28N2/c1-15(2)14-19-20-17-10-6-7-11-18(17)21(19)13-12-16-8-4-3-5-9-16/h6-7,10-11,15-16H,3-5,8-9,12-14H2,1-2H3. The Bertz CT molecular complexity index is 576. The van der Waals surface area contributed by atoms with Crippen molar-refractivity contribution in [1.82, 2.24) is 9.55 Å². The number of imidazole rings is 1. The molecule has 1 aliphatic carbocycles. The Morgan fingerprint density at radius 3 is 2.67 bits per heavy atom. The van der Waals surface area contributed by atoms with E-state index in [2.05, 4.69) is 42.7 Å². The summed E-state index contributed by atoms with van der Waals surface area (Å²) in [4.78, 5) is 4.88. The molecule has 0 aliphatic heterocycles. The van der Waals surface area contributed by atoms with Crippen LogP contribution in [0.2, 0.25) is 0 Å². The lowest BCUT2D eigenvalue weighted by Gasteiger charge is -2.22. The molecule has 2 heteroatoms. The second-order valence-corrected chi connectivity index (χ2v) is 7.06. The minimum atomic E-state index is 0.662. The van der Waals surface area contributed by atoms with Gasteiger partial charge in [0.05, 0.1) is 11.0 Å². The van der Waals surface area contributed by atoms with Gasteiger partial charge < -0.3 is 4.57 Å². The zero-order chi connectivity index (χ0) is 14.7. The molecule has 0 amide bonds. The van der Waals surface area contributed by atoms with Crippen LogP contribution in [0, 0.1) is 11.8 Å². The van der Waals surface area contributed by atoms with E-state index < -0.39 is 0 Å². The maximum atomic E-state index is 4.88. The van der Waals surface area contributed by atoms with Crippen LogP contribution in [0.5, 0.6) is 0 Å². The minimum absolute atomic E-state index is 0.662. The number of benzene rings is 1. The van der Waals surface area contributed by atoms with E-state index in [1.165, 1.54) is 49.9 Å². The fraction of sp³-hybridized carbons (Fsp3) is 0.632. The number of rotatable bonds is 5. The van der Waals surface area contributed by atoms with Crippen molar-refractivity contribution in [2.75, 3.05) is 0 Å². The summed E-state index contributed by atoms with van der Waals surface area (Å²) < 4.78 is 2.49. The normalized spacial score (nSPS) is 16.9. The van der Waals surface area contributed by atoms with Gasteiger partial charge in [0.25, 0.3) is 0 Å². The highest BCUT2D eigenvalue weighted by atomic mass is 15.1. The number of fused-ring (bicyclic) bond motifs is 1. The van der Waals surface area contributed by atoms with Crippen molar-refractivity contribution in [2.24, 2.45) is 11.8 Å². The average Bonchev–Trinajstić information content (AvgIpc) is 2.82. The van der Waals surface area contributed by atoms with Crippen molar-refractivity contribution in [1.29, 1.82) is 0 Å². The van der Waals surface area contributed by atoms with Crippen LogP contribution in [-0.2, 0) is 13.0 Å². The first-order valence-corrected chi connectivity index (χ1v) is 8.68. The fourth-order valence-corrected chi connectivity index (χ4v) is 3.68. The summed E-state index contributed by atoms with van der Waals surface area (Å²) in [6.07, 6.45) is 9.61. The van der Waals surface area contributed by atoms with Crippen LogP contribution in [0.3, 0.4) is 0 Å². The molecule has 2 nitrogen and oxygen atoms in total. The van der Waals surface area contributed by atoms with Crippen LogP contribution in [0.25, 0.3) is 11.0 Å². The van der Waals surface area contributed by atoms with Crippen molar-refractivity contribution in [3.8, 4) is 0 Å². The lowest BCUT2D eigenvalue weighted by Crippen LogP contribution is -2.12. The topological polar surface area (TPSA) is 17.8 Å². The van der Waals surface area contributed by atoms with E-state index >= 15 is 0 Å². The second-order valence-electron chi connectivity index (χ2n) is 7.06. The summed E-state index contributed by atoms with van der Waals surface area (Å²) in [5, 5.41) is 0. The maximum absolute atomic E-state index is 4.88. The summed E-state index contributed by atoms with van der Waals surface area (Å²) in [7, 11) is 0. The first kappa shape index (κ1) is 14.6. The SMILES string of the molecule is CC(C)Cc1nc2ccccc2n1CCC1CCCCC1. The fourth-order valence-electron chi connectivity index (χ4n) is 3.68. The summed E-state index contributed by atoms with van der Waals surface area (Å²) in [5.41, 5.74) is 2.49. The molecule has 0 atom stereocenters. The smallest absolute Gasteiger partial charge is 0.110 e. The molecule has 0 saturated heterocycles. The van der Waals surface area contributed by atoms with E-state index in [4.69, 9.17) is 4.98 Å². The van der Waals surface area contributed by atoms with Gasteiger partial charge >= 0.3 is 0 Å². The molecular formula is C19H28N2. The first-order chi connectivity index (χ1) is 10.2. The van der Waals surface area contributed by atoms with Gasteiger partial charge in [0.15, 0.2) is 0 Å². The quantitative estimate of drug-likeness (QED) is 0.737. The summed E-state index contributed by atoms with van der Waals surface area (Å²) in [6.45, 7) is 5.71. The van der Waals surface area contributed by atoms with E-state index in [0.29, 0.717) is 5.92 Å². The molecule has 114 valence electrons. The lowest BCUT2D eigenvalue weighted by molar-refractivity contribution is 0.323. The van der Waals surface area contributed by atoms with Gasteiger partial charge in [0.1, 0.15) is 5.82 Å². The monoisotopic (exact) mass is 284 g/mol. The number of aryl methyl sites for hydroxylation is 1. The number of hydrogen-bond donors (Lipinski definition) is 0. The van der Waals surface area contributed by atoms with Gasteiger partial charge in [-0.05, 0) is 30.4 Å². The van der Waals surface area contributed by atoms with E-state index in [-0.39, 0.29) is 0 Å². The zero-order valence-corrected chi connectivity index (χ0v) is 13.5. The highest BCUT2D eigenvalue weighted by Gasteiger charge is 2.16. The van der Waals surface area contributed by atoms with Crippen molar-refractivity contribution >= 4 is 11.0 Å². The maximum Gasteiger partial charge on any atom is 0.110 e. The Kier molecular flexibility index (Phi) is 4.62. The van der Waals surface area contributed by atoms with Gasteiger partial charge in [-0.15, -0.1) is 0 Å². The molecule has 0 N–H and O–H groups in total. The third-order valence-electron chi connectivity index (χ3n) is 4.81. The molecule has 21 heavy (non-hydrogen) atoms. The second kappa shape index (κ2) is 6.64. The summed E-state index contributed by atoms with van der Waals surface area (Å²) in [6, 6.07) is 8.61. The Balaban J connectivity index is 1.80. The highest BCUT2D eigenvalue weighted by molar-refractivity contribution is 5.75. The van der Waals surface area contributed by atoms with Crippen LogP contribution in [0.1, 0.15) is 58.2 Å². The molecule has 3 rings (SSSR count). The Hall–Kier alpha value is -1.31. The predicted molar refractivity (Wildman–Crippen MR) is 89.5 cm³/mol. The van der Waals surface area contributed by atoms with Crippen LogP contribution < -0.4 is 0 Å². The van der Waals surface area contributed by atoms with E-state index in [1.54, 1.807) is 0 Å². The van der Waals surface area contributed by atoms with Crippen LogP contribution in [-0.4, -0.2) is 9.55 Å². The third kappa shape index (κ3) is 3.48. The zero-order valence-electron chi connectivity index (χ0n) is 13.5. The third-order valence-corrected chi connectivity index (χ3v) is 4.81. The number of para-hydroxylation sites is 2. The van der Waals surface area contributed by atoms with Gasteiger partial charge in [-0.3, -0.25) is 0 Å². The van der Waals surface area contributed by atoms with E-state index in [0.717, 1.165) is 24.4 Å². The molecule has 1 saturated carbocycles. The van der Waals surface area contributed by atoms with Gasteiger partial charge in [-0.1, -0.05) is 58.1 Å². The Morgan fingerprint density at radius 2 is 1.90 bits per heavy atom. The molecule has 0 bridgehead atoms. The predicted octanol–water partition coefficient (Wildman–Crippen LogP) is 5.21. The molecular weight excluding hydrogens is 256 g/mol. The molecule has 1 heterocycles. The molecule has 0 radical (unpaired) electrons. The molecule has 1 aliphatic rings. The number of aromatic nitrogens is 2. The van der Waals surface area contributed by atoms with Crippen LogP contribution in [0.15, 0.2) is 24.3 Å². The molecule has 1 aromatic heterocycles. The van der Waals surface area contributed by atoms with Gasteiger partial charge in [0.2, 0.25) is 0 Å². The van der Waals surface area contributed by atoms with Gasteiger partial charge in [-0.25, -0.2) is 4.98 Å². The first-order valence-electron chi connectivity index (χ1n) is 8.68. The van der Waals surface area contributed by atoms with E-state index in [1.807, 2.05) is 0 Å². The van der Waals surface area contributed by atoms with Crippen molar-refractivity contribution in [2.45, 2.75) is 65.3 Å². The van der Waals surface area contributed by atoms with Gasteiger partial charge in [-0.2, -0.15) is 0 Å². The van der Waals surface area contributed by atoms with Crippen LogP contribution >= 0.6 is 0 Å². The van der Waals surface area contributed by atoms with Crippen molar-refractivity contribution in [3.63, 3.8) is 0 Å².